The van der Waals surface area contributed by atoms with Gasteiger partial charge in [0.2, 0.25) is 0 Å². The molecule has 1 amide bonds. The number of hydrogen-bond donors (Lipinski definition) is 3. The maximum atomic E-state index is 11.7. The molecule has 0 radical (unpaired) electrons. The van der Waals surface area contributed by atoms with Gasteiger partial charge in [0.1, 0.15) is 11.5 Å². The molecule has 1 unspecified atom stereocenters. The standard InChI is InChI=1S/C10H15NO6/c1-6(12)7(13)10(8(14)15)2-4-11(5-3-10)9(16)17/h6,12H,2-5H2,1H3,(H,14,15)(H,16,17). The third kappa shape index (κ3) is 2.38. The van der Waals surface area contributed by atoms with Crippen molar-refractivity contribution in [1.82, 2.24) is 4.90 Å². The molecule has 1 atom stereocenters. The second-order valence-corrected chi connectivity index (χ2v) is 4.20. The summed E-state index contributed by atoms with van der Waals surface area (Å²) in [7, 11) is 0. The van der Waals surface area contributed by atoms with Crippen LogP contribution >= 0.6 is 0 Å². The zero-order chi connectivity index (χ0) is 13.2. The normalized spacial score (nSPS) is 20.7. The van der Waals surface area contributed by atoms with Crippen molar-refractivity contribution in [2.75, 3.05) is 13.1 Å². The molecule has 1 saturated heterocycles. The molecule has 0 spiro atoms. The van der Waals surface area contributed by atoms with E-state index in [1.54, 1.807) is 0 Å². The average Bonchev–Trinajstić information content (AvgIpc) is 2.27. The summed E-state index contributed by atoms with van der Waals surface area (Å²) in [6.45, 7) is 1.19. The molecule has 0 aromatic rings. The Hall–Kier alpha value is -1.63. The lowest BCUT2D eigenvalue weighted by Crippen LogP contribution is -2.52. The quantitative estimate of drug-likeness (QED) is 0.592. The minimum atomic E-state index is -1.65. The van der Waals surface area contributed by atoms with Crippen molar-refractivity contribution in [1.29, 1.82) is 0 Å². The van der Waals surface area contributed by atoms with Crippen molar-refractivity contribution in [2.45, 2.75) is 25.9 Å². The van der Waals surface area contributed by atoms with Crippen molar-refractivity contribution >= 4 is 17.8 Å². The van der Waals surface area contributed by atoms with E-state index in [0.29, 0.717) is 0 Å². The Morgan fingerprint density at radius 3 is 1.94 bits per heavy atom. The van der Waals surface area contributed by atoms with E-state index in [4.69, 9.17) is 10.2 Å². The van der Waals surface area contributed by atoms with Gasteiger partial charge in [-0.3, -0.25) is 9.59 Å². The summed E-state index contributed by atoms with van der Waals surface area (Å²) in [5.74, 6) is -2.05. The van der Waals surface area contributed by atoms with Crippen LogP contribution in [-0.2, 0) is 9.59 Å². The minimum absolute atomic E-state index is 0.0138. The lowest BCUT2D eigenvalue weighted by atomic mass is 9.73. The molecule has 1 aliphatic heterocycles. The molecule has 0 aromatic carbocycles. The molecule has 17 heavy (non-hydrogen) atoms. The van der Waals surface area contributed by atoms with Gasteiger partial charge in [-0.05, 0) is 19.8 Å². The van der Waals surface area contributed by atoms with E-state index in [2.05, 4.69) is 0 Å². The predicted octanol–water partition coefficient (Wildman–Crippen LogP) is -0.219. The van der Waals surface area contributed by atoms with Crippen LogP contribution in [0.15, 0.2) is 0 Å². The molecule has 1 fully saturated rings. The molecular formula is C10H15NO6. The molecule has 1 rings (SSSR count). The van der Waals surface area contributed by atoms with Gasteiger partial charge < -0.3 is 20.2 Å². The Kier molecular flexibility index (Phi) is 3.72. The first-order valence-corrected chi connectivity index (χ1v) is 5.25. The maximum absolute atomic E-state index is 11.7. The molecular weight excluding hydrogens is 230 g/mol. The first-order chi connectivity index (χ1) is 7.81. The van der Waals surface area contributed by atoms with Gasteiger partial charge >= 0.3 is 12.1 Å². The van der Waals surface area contributed by atoms with Crippen LogP contribution in [0, 0.1) is 5.41 Å². The van der Waals surface area contributed by atoms with E-state index in [-0.39, 0.29) is 25.9 Å². The number of aliphatic hydroxyl groups is 1. The Labute approximate surface area is 97.6 Å². The highest BCUT2D eigenvalue weighted by atomic mass is 16.4. The van der Waals surface area contributed by atoms with Crippen LogP contribution in [0.5, 0.6) is 0 Å². The fourth-order valence-corrected chi connectivity index (χ4v) is 2.05. The molecule has 0 aliphatic carbocycles. The number of aliphatic hydroxyl groups excluding tert-OH is 1. The summed E-state index contributed by atoms with van der Waals surface area (Å²) >= 11 is 0. The van der Waals surface area contributed by atoms with Crippen LogP contribution in [0.4, 0.5) is 4.79 Å². The highest BCUT2D eigenvalue weighted by molar-refractivity contribution is 6.05. The van der Waals surface area contributed by atoms with Crippen LogP contribution in [-0.4, -0.2) is 57.3 Å². The molecule has 0 saturated carbocycles. The van der Waals surface area contributed by atoms with Crippen LogP contribution in [0.25, 0.3) is 0 Å². The number of ketones is 1. The zero-order valence-corrected chi connectivity index (χ0v) is 9.42. The van der Waals surface area contributed by atoms with E-state index in [1.165, 1.54) is 6.92 Å². The van der Waals surface area contributed by atoms with Gasteiger partial charge in [0.25, 0.3) is 0 Å². The summed E-state index contributed by atoms with van der Waals surface area (Å²) in [6.07, 6.45) is -2.69. The molecule has 3 N–H and O–H groups in total. The topological polar surface area (TPSA) is 115 Å². The van der Waals surface area contributed by atoms with Crippen LogP contribution in [0.1, 0.15) is 19.8 Å². The van der Waals surface area contributed by atoms with Crippen LogP contribution in [0.3, 0.4) is 0 Å². The number of piperidine rings is 1. The molecule has 0 aromatic heterocycles. The third-order valence-electron chi connectivity index (χ3n) is 3.15. The number of carboxylic acids is 1. The summed E-state index contributed by atoms with van der Waals surface area (Å²) in [6, 6.07) is 0. The number of aliphatic carboxylic acids is 1. The zero-order valence-electron chi connectivity index (χ0n) is 9.42. The van der Waals surface area contributed by atoms with E-state index >= 15 is 0 Å². The Balaban J connectivity index is 2.88. The van der Waals surface area contributed by atoms with Crippen molar-refractivity contribution in [3.8, 4) is 0 Å². The number of carbonyl (C=O) groups excluding carboxylic acids is 1. The van der Waals surface area contributed by atoms with Gasteiger partial charge in [-0.1, -0.05) is 0 Å². The number of Topliss-reactive ketones (excluding diaryl/α,β-unsaturated/α-hetero) is 1. The lowest BCUT2D eigenvalue weighted by molar-refractivity contribution is -0.161. The minimum Gasteiger partial charge on any atom is -0.480 e. The number of carboxylic acid groups (broad SMARTS) is 2. The average molecular weight is 245 g/mol. The SMILES string of the molecule is CC(O)C(=O)C1(C(=O)O)CCN(C(=O)O)CC1. The first-order valence-electron chi connectivity index (χ1n) is 5.25. The third-order valence-corrected chi connectivity index (χ3v) is 3.15. The molecule has 7 nitrogen and oxygen atoms in total. The fraction of sp³-hybridized carbons (Fsp3) is 0.700. The number of carbonyl (C=O) groups is 3. The van der Waals surface area contributed by atoms with Crippen LogP contribution < -0.4 is 0 Å². The van der Waals surface area contributed by atoms with Crippen molar-refractivity contribution in [3.05, 3.63) is 0 Å². The van der Waals surface area contributed by atoms with E-state index in [9.17, 15) is 19.5 Å². The number of nitrogens with zero attached hydrogens (tertiary/aromatic N) is 1. The van der Waals surface area contributed by atoms with Gasteiger partial charge in [-0.15, -0.1) is 0 Å². The number of likely N-dealkylation sites (tertiary alicyclic amines) is 1. The lowest BCUT2D eigenvalue weighted by Gasteiger charge is -2.37. The number of rotatable bonds is 3. The van der Waals surface area contributed by atoms with Gasteiger partial charge in [-0.2, -0.15) is 0 Å². The van der Waals surface area contributed by atoms with E-state index < -0.39 is 29.4 Å². The smallest absolute Gasteiger partial charge is 0.407 e. The molecule has 7 heteroatoms. The van der Waals surface area contributed by atoms with Gasteiger partial charge in [-0.25, -0.2) is 4.79 Å². The van der Waals surface area contributed by atoms with Gasteiger partial charge in [0.15, 0.2) is 5.78 Å². The first kappa shape index (κ1) is 13.4. The molecule has 96 valence electrons. The fourth-order valence-electron chi connectivity index (χ4n) is 2.05. The monoisotopic (exact) mass is 245 g/mol. The van der Waals surface area contributed by atoms with Gasteiger partial charge in [0, 0.05) is 13.1 Å². The summed E-state index contributed by atoms with van der Waals surface area (Å²) in [5.41, 5.74) is -1.65. The Morgan fingerprint density at radius 1 is 1.18 bits per heavy atom. The summed E-state index contributed by atoms with van der Waals surface area (Å²) < 4.78 is 0. The second-order valence-electron chi connectivity index (χ2n) is 4.20. The maximum Gasteiger partial charge on any atom is 0.407 e. The number of amides is 1. The van der Waals surface area contributed by atoms with E-state index in [1.807, 2.05) is 0 Å². The second kappa shape index (κ2) is 4.70. The summed E-state index contributed by atoms with van der Waals surface area (Å²) in [4.78, 5) is 34.7. The molecule has 1 aliphatic rings. The van der Waals surface area contributed by atoms with E-state index in [0.717, 1.165) is 4.90 Å². The van der Waals surface area contributed by atoms with Gasteiger partial charge in [0.05, 0.1) is 0 Å². The molecule has 0 bridgehead atoms. The summed E-state index contributed by atoms with van der Waals surface area (Å²) in [5, 5.41) is 27.1. The Morgan fingerprint density at radius 2 is 1.65 bits per heavy atom. The highest BCUT2D eigenvalue weighted by Gasteiger charge is 2.49. The van der Waals surface area contributed by atoms with Crippen molar-refractivity contribution < 1.29 is 29.7 Å². The Bertz CT molecular complexity index is 343. The predicted molar refractivity (Wildman–Crippen MR) is 55.6 cm³/mol. The van der Waals surface area contributed by atoms with Crippen molar-refractivity contribution in [2.24, 2.45) is 5.41 Å². The highest BCUT2D eigenvalue weighted by Crippen LogP contribution is 2.34. The molecule has 1 heterocycles. The van der Waals surface area contributed by atoms with Crippen molar-refractivity contribution in [3.63, 3.8) is 0 Å². The number of hydrogen-bond acceptors (Lipinski definition) is 4. The largest absolute Gasteiger partial charge is 0.480 e. The van der Waals surface area contributed by atoms with Crippen LogP contribution in [0.2, 0.25) is 0 Å².